The largest absolute Gasteiger partial charge is 0.338 e. The van der Waals surface area contributed by atoms with Crippen molar-refractivity contribution in [3.05, 3.63) is 18.2 Å². The van der Waals surface area contributed by atoms with Crippen molar-refractivity contribution >= 4 is 11.9 Å². The van der Waals surface area contributed by atoms with Crippen LogP contribution >= 0.6 is 0 Å². The summed E-state index contributed by atoms with van der Waals surface area (Å²) in [6.07, 6.45) is 2.33. The number of nitrogens with zero attached hydrogens (tertiary/aromatic N) is 5. The van der Waals surface area contributed by atoms with E-state index in [0.29, 0.717) is 38.7 Å². The molecule has 0 saturated carbocycles. The summed E-state index contributed by atoms with van der Waals surface area (Å²) in [6.45, 7) is 9.01. The number of likely N-dealkylation sites (N-methyl/N-ethyl adjacent to an activating group) is 1. The van der Waals surface area contributed by atoms with Crippen LogP contribution in [0.5, 0.6) is 0 Å². The Balaban J connectivity index is 1.85. The van der Waals surface area contributed by atoms with Crippen LogP contribution in [0.2, 0.25) is 0 Å². The zero-order valence-corrected chi connectivity index (χ0v) is 12.6. The normalized spacial score (nSPS) is 15.6. The lowest BCUT2D eigenvalue weighted by Gasteiger charge is -2.35. The van der Waals surface area contributed by atoms with Crippen LogP contribution in [0.15, 0.2) is 12.4 Å². The molecule has 1 aromatic heterocycles. The molecule has 0 N–H and O–H groups in total. The maximum absolute atomic E-state index is 12.8. The number of hydrogen-bond acceptors (Lipinski definition) is 5. The Labute approximate surface area is 124 Å². The van der Waals surface area contributed by atoms with Crippen LogP contribution in [-0.4, -0.2) is 71.5 Å². The van der Waals surface area contributed by atoms with E-state index in [1.807, 2.05) is 9.80 Å². The maximum atomic E-state index is 12.8. The number of piperazine rings is 1. The van der Waals surface area contributed by atoms with Crippen molar-refractivity contribution < 1.29 is 9.18 Å². The number of aromatic nitrogens is 2. The van der Waals surface area contributed by atoms with Crippen molar-refractivity contribution in [1.82, 2.24) is 19.8 Å². The molecule has 1 aromatic rings. The molecule has 1 saturated heterocycles. The van der Waals surface area contributed by atoms with Gasteiger partial charge >= 0.3 is 0 Å². The fourth-order valence-electron chi connectivity index (χ4n) is 2.36. The van der Waals surface area contributed by atoms with Gasteiger partial charge in [-0.25, -0.2) is 14.4 Å². The predicted molar refractivity (Wildman–Crippen MR) is 78.6 cm³/mol. The molecule has 2 heterocycles. The van der Waals surface area contributed by atoms with Gasteiger partial charge in [0.15, 0.2) is 5.82 Å². The average Bonchev–Trinajstić information content (AvgIpc) is 2.53. The first kappa shape index (κ1) is 15.6. The van der Waals surface area contributed by atoms with Crippen molar-refractivity contribution in [2.24, 2.45) is 0 Å². The van der Waals surface area contributed by atoms with Crippen LogP contribution < -0.4 is 4.90 Å². The first-order chi connectivity index (χ1) is 10.1. The molecule has 0 radical (unpaired) electrons. The van der Waals surface area contributed by atoms with Crippen molar-refractivity contribution in [2.75, 3.05) is 50.7 Å². The highest BCUT2D eigenvalue weighted by Gasteiger charge is 2.23. The highest BCUT2D eigenvalue weighted by atomic mass is 19.1. The van der Waals surface area contributed by atoms with Gasteiger partial charge in [0.2, 0.25) is 11.9 Å². The molecule has 116 valence electrons. The maximum Gasteiger partial charge on any atom is 0.236 e. The zero-order chi connectivity index (χ0) is 15.2. The SMILES string of the molecule is CCN(CC)CC(=O)N1CCN(c2ncc(F)cn2)CC1. The molecule has 21 heavy (non-hydrogen) atoms. The molecule has 6 nitrogen and oxygen atoms in total. The summed E-state index contributed by atoms with van der Waals surface area (Å²) in [7, 11) is 0. The van der Waals surface area contributed by atoms with Gasteiger partial charge in [0.25, 0.3) is 0 Å². The molecule has 0 aromatic carbocycles. The van der Waals surface area contributed by atoms with Gasteiger partial charge in [0, 0.05) is 26.2 Å². The monoisotopic (exact) mass is 295 g/mol. The summed E-state index contributed by atoms with van der Waals surface area (Å²) in [5.41, 5.74) is 0. The van der Waals surface area contributed by atoms with E-state index in [-0.39, 0.29) is 5.91 Å². The van der Waals surface area contributed by atoms with Crippen molar-refractivity contribution in [1.29, 1.82) is 0 Å². The third-order valence-corrected chi connectivity index (χ3v) is 3.78. The number of rotatable bonds is 5. The van der Waals surface area contributed by atoms with E-state index in [0.717, 1.165) is 13.1 Å². The minimum Gasteiger partial charge on any atom is -0.338 e. The summed E-state index contributed by atoms with van der Waals surface area (Å²) in [5.74, 6) is 0.248. The second-order valence-electron chi connectivity index (χ2n) is 5.03. The summed E-state index contributed by atoms with van der Waals surface area (Å²) in [5, 5.41) is 0. The zero-order valence-electron chi connectivity index (χ0n) is 12.6. The van der Waals surface area contributed by atoms with E-state index in [2.05, 4.69) is 28.7 Å². The fourth-order valence-corrected chi connectivity index (χ4v) is 2.36. The smallest absolute Gasteiger partial charge is 0.236 e. The Hall–Kier alpha value is -1.76. The van der Waals surface area contributed by atoms with E-state index in [1.165, 1.54) is 12.4 Å². The van der Waals surface area contributed by atoms with Crippen LogP contribution in [0, 0.1) is 5.82 Å². The summed E-state index contributed by atoms with van der Waals surface area (Å²) in [4.78, 5) is 26.1. The van der Waals surface area contributed by atoms with Crippen LogP contribution in [0.1, 0.15) is 13.8 Å². The summed E-state index contributed by atoms with van der Waals surface area (Å²) in [6, 6.07) is 0. The minimum absolute atomic E-state index is 0.165. The third-order valence-electron chi connectivity index (χ3n) is 3.78. The Bertz CT molecular complexity index is 455. The minimum atomic E-state index is -0.438. The number of hydrogen-bond donors (Lipinski definition) is 0. The number of anilines is 1. The lowest BCUT2D eigenvalue weighted by Crippen LogP contribution is -2.51. The van der Waals surface area contributed by atoms with Gasteiger partial charge < -0.3 is 9.80 Å². The molecule has 2 rings (SSSR count). The topological polar surface area (TPSA) is 52.6 Å². The van der Waals surface area contributed by atoms with Gasteiger partial charge in [-0.1, -0.05) is 13.8 Å². The second-order valence-corrected chi connectivity index (χ2v) is 5.03. The second kappa shape index (κ2) is 7.31. The highest BCUT2D eigenvalue weighted by molar-refractivity contribution is 5.78. The standard InChI is InChI=1S/C14H22FN5O/c1-3-18(4-2)11-13(21)19-5-7-20(8-6-19)14-16-9-12(15)10-17-14/h9-10H,3-8,11H2,1-2H3. The first-order valence-corrected chi connectivity index (χ1v) is 7.36. The van der Waals surface area contributed by atoms with Crippen molar-refractivity contribution in [2.45, 2.75) is 13.8 Å². The van der Waals surface area contributed by atoms with Crippen molar-refractivity contribution in [3.63, 3.8) is 0 Å². The molecule has 0 bridgehead atoms. The van der Waals surface area contributed by atoms with E-state index < -0.39 is 5.82 Å². The van der Waals surface area contributed by atoms with Gasteiger partial charge in [-0.15, -0.1) is 0 Å². The lowest BCUT2D eigenvalue weighted by atomic mass is 10.3. The molecular formula is C14H22FN5O. The van der Waals surface area contributed by atoms with E-state index in [1.54, 1.807) is 0 Å². The number of carbonyl (C=O) groups excluding carboxylic acids is 1. The average molecular weight is 295 g/mol. The van der Waals surface area contributed by atoms with Crippen molar-refractivity contribution in [3.8, 4) is 0 Å². The van der Waals surface area contributed by atoms with E-state index in [9.17, 15) is 9.18 Å². The molecule has 0 atom stereocenters. The molecule has 1 fully saturated rings. The van der Waals surface area contributed by atoms with Gasteiger partial charge in [-0.2, -0.15) is 0 Å². The van der Waals surface area contributed by atoms with E-state index in [4.69, 9.17) is 0 Å². The van der Waals surface area contributed by atoms with Crippen LogP contribution in [0.25, 0.3) is 0 Å². The van der Waals surface area contributed by atoms with Crippen LogP contribution in [0.3, 0.4) is 0 Å². The van der Waals surface area contributed by atoms with Gasteiger partial charge in [0.1, 0.15) is 0 Å². The predicted octanol–water partition coefficient (Wildman–Crippen LogP) is 0.606. The highest BCUT2D eigenvalue weighted by Crippen LogP contribution is 2.10. The summed E-state index contributed by atoms with van der Waals surface area (Å²) < 4.78 is 12.8. The van der Waals surface area contributed by atoms with E-state index >= 15 is 0 Å². The molecular weight excluding hydrogens is 273 g/mol. The quantitative estimate of drug-likeness (QED) is 0.796. The van der Waals surface area contributed by atoms with Crippen LogP contribution in [-0.2, 0) is 4.79 Å². The Morgan fingerprint density at radius 3 is 2.29 bits per heavy atom. The van der Waals surface area contributed by atoms with Crippen LogP contribution in [0.4, 0.5) is 10.3 Å². The molecule has 0 spiro atoms. The first-order valence-electron chi connectivity index (χ1n) is 7.36. The third kappa shape index (κ3) is 4.10. The fraction of sp³-hybridized carbons (Fsp3) is 0.643. The number of halogens is 1. The van der Waals surface area contributed by atoms with Gasteiger partial charge in [-0.05, 0) is 13.1 Å². The lowest BCUT2D eigenvalue weighted by molar-refractivity contribution is -0.132. The van der Waals surface area contributed by atoms with Gasteiger partial charge in [-0.3, -0.25) is 9.69 Å². The molecule has 1 aliphatic rings. The van der Waals surface area contributed by atoms with Gasteiger partial charge in [0.05, 0.1) is 18.9 Å². The molecule has 1 aliphatic heterocycles. The molecule has 1 amide bonds. The number of carbonyl (C=O) groups is 1. The molecule has 0 aliphatic carbocycles. The molecule has 7 heteroatoms. The summed E-state index contributed by atoms with van der Waals surface area (Å²) >= 11 is 0. The Morgan fingerprint density at radius 2 is 1.76 bits per heavy atom. The Kier molecular flexibility index (Phi) is 5.44. The molecule has 0 unspecified atom stereocenters. The number of amides is 1. The Morgan fingerprint density at radius 1 is 1.19 bits per heavy atom.